The highest BCUT2D eigenvalue weighted by Gasteiger charge is 2.14. The van der Waals surface area contributed by atoms with Gasteiger partial charge >= 0.3 is 0 Å². The van der Waals surface area contributed by atoms with Crippen molar-refractivity contribution in [2.45, 2.75) is 13.0 Å². The van der Waals surface area contributed by atoms with Crippen molar-refractivity contribution < 1.29 is 4.74 Å². The Balaban J connectivity index is 2.34. The number of hydrogen-bond acceptors (Lipinski definition) is 3. The zero-order chi connectivity index (χ0) is 12.4. The zero-order valence-corrected chi connectivity index (χ0v) is 10.3. The average Bonchev–Trinajstić information content (AvgIpc) is 2.75. The van der Waals surface area contributed by atoms with Gasteiger partial charge in [-0.25, -0.2) is 4.98 Å². The molecule has 0 saturated carbocycles. The number of benzene rings is 1. The molecule has 0 fully saturated rings. The van der Waals surface area contributed by atoms with Gasteiger partial charge in [0.15, 0.2) is 0 Å². The summed E-state index contributed by atoms with van der Waals surface area (Å²) in [6.07, 6.45) is 3.70. The van der Waals surface area contributed by atoms with Crippen molar-refractivity contribution in [1.29, 1.82) is 0 Å². The minimum atomic E-state index is -0.192. The summed E-state index contributed by atoms with van der Waals surface area (Å²) < 4.78 is 7.08. The van der Waals surface area contributed by atoms with Gasteiger partial charge in [0.2, 0.25) is 0 Å². The molecule has 0 aliphatic carbocycles. The Kier molecular flexibility index (Phi) is 3.15. The summed E-state index contributed by atoms with van der Waals surface area (Å²) in [7, 11) is 3.59. The molecule has 17 heavy (non-hydrogen) atoms. The number of nitrogens with zero attached hydrogens (tertiary/aromatic N) is 2. The summed E-state index contributed by atoms with van der Waals surface area (Å²) in [6.45, 7) is 2.03. The van der Waals surface area contributed by atoms with Crippen LogP contribution >= 0.6 is 0 Å². The van der Waals surface area contributed by atoms with Crippen LogP contribution < -0.4 is 10.5 Å². The lowest BCUT2D eigenvalue weighted by Gasteiger charge is -2.13. The van der Waals surface area contributed by atoms with Crippen LogP contribution in [0.5, 0.6) is 5.75 Å². The molecule has 4 nitrogen and oxygen atoms in total. The fraction of sp³-hybridized carbons (Fsp3) is 0.308. The first kappa shape index (κ1) is 11.7. The van der Waals surface area contributed by atoms with E-state index in [1.54, 1.807) is 13.4 Å². The molecule has 0 spiro atoms. The molecule has 1 aromatic carbocycles. The van der Waals surface area contributed by atoms with Crippen LogP contribution in [0.25, 0.3) is 0 Å². The molecule has 0 aliphatic rings. The molecule has 1 atom stereocenters. The minimum absolute atomic E-state index is 0.192. The van der Waals surface area contributed by atoms with E-state index in [4.69, 9.17) is 10.5 Å². The van der Waals surface area contributed by atoms with E-state index in [1.807, 2.05) is 42.9 Å². The van der Waals surface area contributed by atoms with E-state index in [9.17, 15) is 0 Å². The number of methoxy groups -OCH3 is 1. The van der Waals surface area contributed by atoms with Crippen molar-refractivity contribution in [3.05, 3.63) is 47.5 Å². The number of nitrogens with two attached hydrogens (primary N) is 1. The van der Waals surface area contributed by atoms with Crippen LogP contribution in [-0.4, -0.2) is 16.7 Å². The largest absolute Gasteiger partial charge is 0.497 e. The summed E-state index contributed by atoms with van der Waals surface area (Å²) in [5, 5.41) is 0. The second-order valence-corrected chi connectivity index (χ2v) is 4.16. The molecule has 0 bridgehead atoms. The lowest BCUT2D eigenvalue weighted by molar-refractivity contribution is 0.414. The number of rotatable bonds is 3. The van der Waals surface area contributed by atoms with E-state index in [0.29, 0.717) is 0 Å². The maximum atomic E-state index is 6.21. The van der Waals surface area contributed by atoms with Gasteiger partial charge in [-0.2, -0.15) is 0 Å². The molecular weight excluding hydrogens is 214 g/mol. The van der Waals surface area contributed by atoms with Crippen molar-refractivity contribution in [3.8, 4) is 5.75 Å². The zero-order valence-electron chi connectivity index (χ0n) is 10.3. The van der Waals surface area contributed by atoms with Gasteiger partial charge in [0, 0.05) is 13.2 Å². The Morgan fingerprint density at radius 2 is 2.18 bits per heavy atom. The van der Waals surface area contributed by atoms with Gasteiger partial charge in [-0.1, -0.05) is 6.07 Å². The van der Waals surface area contributed by atoms with Crippen LogP contribution in [0.15, 0.2) is 30.7 Å². The molecular formula is C13H17N3O. The summed E-state index contributed by atoms with van der Waals surface area (Å²) in [4.78, 5) is 4.28. The highest BCUT2D eigenvalue weighted by atomic mass is 16.5. The fourth-order valence-electron chi connectivity index (χ4n) is 1.88. The Hall–Kier alpha value is -1.81. The predicted octanol–water partition coefficient (Wildman–Crippen LogP) is 1.79. The van der Waals surface area contributed by atoms with E-state index in [-0.39, 0.29) is 6.04 Å². The van der Waals surface area contributed by atoms with Gasteiger partial charge in [-0.05, 0) is 30.2 Å². The highest BCUT2D eigenvalue weighted by molar-refractivity contribution is 5.39. The van der Waals surface area contributed by atoms with Gasteiger partial charge in [-0.15, -0.1) is 0 Å². The molecule has 0 aliphatic heterocycles. The van der Waals surface area contributed by atoms with Crippen LogP contribution in [0.4, 0.5) is 0 Å². The first-order chi connectivity index (χ1) is 8.11. The SMILES string of the molecule is COc1ccc(C(N)c2cn(C)cn2)c(C)c1. The number of ether oxygens (including phenoxy) is 1. The third kappa shape index (κ3) is 2.31. The first-order valence-electron chi connectivity index (χ1n) is 5.50. The number of imidazole rings is 1. The smallest absolute Gasteiger partial charge is 0.119 e. The molecule has 2 aromatic rings. The van der Waals surface area contributed by atoms with E-state index in [0.717, 1.165) is 22.6 Å². The lowest BCUT2D eigenvalue weighted by Crippen LogP contribution is -2.13. The maximum absolute atomic E-state index is 6.21. The molecule has 1 heterocycles. The Bertz CT molecular complexity index is 519. The molecule has 2 rings (SSSR count). The highest BCUT2D eigenvalue weighted by Crippen LogP contribution is 2.24. The molecule has 0 saturated heterocycles. The number of aromatic nitrogens is 2. The van der Waals surface area contributed by atoms with Crippen LogP contribution in [0.2, 0.25) is 0 Å². The van der Waals surface area contributed by atoms with Gasteiger partial charge in [0.1, 0.15) is 5.75 Å². The molecule has 4 heteroatoms. The van der Waals surface area contributed by atoms with Gasteiger partial charge in [0.05, 0.1) is 25.2 Å². The minimum Gasteiger partial charge on any atom is -0.497 e. The normalized spacial score (nSPS) is 12.5. The van der Waals surface area contributed by atoms with Gasteiger partial charge in [-0.3, -0.25) is 0 Å². The monoisotopic (exact) mass is 231 g/mol. The van der Waals surface area contributed by atoms with E-state index in [1.165, 1.54) is 0 Å². The quantitative estimate of drug-likeness (QED) is 0.876. The second kappa shape index (κ2) is 4.59. The summed E-state index contributed by atoms with van der Waals surface area (Å²) in [6, 6.07) is 5.71. The van der Waals surface area contributed by atoms with Crippen molar-refractivity contribution in [2.24, 2.45) is 12.8 Å². The summed E-state index contributed by atoms with van der Waals surface area (Å²) >= 11 is 0. The van der Waals surface area contributed by atoms with Crippen molar-refractivity contribution in [3.63, 3.8) is 0 Å². The average molecular weight is 231 g/mol. The van der Waals surface area contributed by atoms with Gasteiger partial charge < -0.3 is 15.0 Å². The third-order valence-electron chi connectivity index (χ3n) is 2.86. The van der Waals surface area contributed by atoms with E-state index in [2.05, 4.69) is 4.98 Å². The topological polar surface area (TPSA) is 53.1 Å². The van der Waals surface area contributed by atoms with Crippen LogP contribution in [0.3, 0.4) is 0 Å². The molecule has 0 amide bonds. The standard InChI is InChI=1S/C13H17N3O/c1-9-6-10(17-3)4-5-11(9)13(14)12-7-16(2)8-15-12/h4-8,13H,14H2,1-3H3. The molecule has 1 aromatic heterocycles. The Morgan fingerprint density at radius 3 is 2.71 bits per heavy atom. The molecule has 0 radical (unpaired) electrons. The van der Waals surface area contributed by atoms with Crippen LogP contribution in [-0.2, 0) is 7.05 Å². The fourth-order valence-corrected chi connectivity index (χ4v) is 1.88. The summed E-state index contributed by atoms with van der Waals surface area (Å²) in [5.41, 5.74) is 9.27. The predicted molar refractivity (Wildman–Crippen MR) is 67.0 cm³/mol. The number of aryl methyl sites for hydroxylation is 2. The molecule has 1 unspecified atom stereocenters. The number of hydrogen-bond donors (Lipinski definition) is 1. The van der Waals surface area contributed by atoms with Crippen LogP contribution in [0, 0.1) is 6.92 Å². The van der Waals surface area contributed by atoms with E-state index >= 15 is 0 Å². The summed E-state index contributed by atoms with van der Waals surface area (Å²) in [5.74, 6) is 0.847. The Labute approximate surface area is 101 Å². The van der Waals surface area contributed by atoms with Crippen molar-refractivity contribution in [2.75, 3.05) is 7.11 Å². The maximum Gasteiger partial charge on any atom is 0.119 e. The van der Waals surface area contributed by atoms with Crippen molar-refractivity contribution >= 4 is 0 Å². The third-order valence-corrected chi connectivity index (χ3v) is 2.86. The molecule has 90 valence electrons. The Morgan fingerprint density at radius 1 is 1.41 bits per heavy atom. The van der Waals surface area contributed by atoms with Gasteiger partial charge in [0.25, 0.3) is 0 Å². The van der Waals surface area contributed by atoms with E-state index < -0.39 is 0 Å². The molecule has 2 N–H and O–H groups in total. The second-order valence-electron chi connectivity index (χ2n) is 4.16. The first-order valence-corrected chi connectivity index (χ1v) is 5.50. The van der Waals surface area contributed by atoms with Crippen molar-refractivity contribution in [1.82, 2.24) is 9.55 Å². The van der Waals surface area contributed by atoms with Crippen LogP contribution in [0.1, 0.15) is 22.9 Å². The lowest BCUT2D eigenvalue weighted by atomic mass is 10.00.